The van der Waals surface area contributed by atoms with Crippen molar-refractivity contribution in [2.75, 3.05) is 13.7 Å². The molecule has 2 N–H and O–H groups in total. The molecule has 0 atom stereocenters. The summed E-state index contributed by atoms with van der Waals surface area (Å²) >= 11 is 0. The van der Waals surface area contributed by atoms with Crippen LogP contribution in [0.2, 0.25) is 0 Å². The zero-order chi connectivity index (χ0) is 7.11. The number of nitrogens with one attached hydrogen (secondary N) is 1. The van der Waals surface area contributed by atoms with Gasteiger partial charge in [0.2, 0.25) is 5.91 Å². The van der Waals surface area contributed by atoms with Gasteiger partial charge in [0.15, 0.2) is 0 Å². The molecule has 0 saturated carbocycles. The summed E-state index contributed by atoms with van der Waals surface area (Å²) in [6.07, 6.45) is 2.97. The third-order valence-corrected chi connectivity index (χ3v) is 1.15. The van der Waals surface area contributed by atoms with E-state index >= 15 is 0 Å². The van der Waals surface area contributed by atoms with Crippen molar-refractivity contribution < 1.29 is 9.90 Å². The van der Waals surface area contributed by atoms with Gasteiger partial charge >= 0.3 is 0 Å². The maximum atomic E-state index is 10.4. The quantitative estimate of drug-likeness (QED) is 0.482. The molecule has 1 aliphatic rings. The SMILES string of the molecule is CO.O=C1CCCCN1. The Kier molecular flexibility index (Phi) is 5.21. The first-order chi connectivity index (χ1) is 4.39. The monoisotopic (exact) mass is 131 g/mol. The zero-order valence-electron chi connectivity index (χ0n) is 5.68. The molecule has 0 aromatic carbocycles. The van der Waals surface area contributed by atoms with E-state index in [-0.39, 0.29) is 5.91 Å². The number of amides is 1. The molecule has 9 heavy (non-hydrogen) atoms. The lowest BCUT2D eigenvalue weighted by molar-refractivity contribution is -0.122. The first-order valence-electron chi connectivity index (χ1n) is 3.11. The van der Waals surface area contributed by atoms with Gasteiger partial charge in [-0.15, -0.1) is 0 Å². The van der Waals surface area contributed by atoms with Crippen LogP contribution in [0.1, 0.15) is 19.3 Å². The fraction of sp³-hybridized carbons (Fsp3) is 0.833. The molecule has 0 aromatic rings. The maximum absolute atomic E-state index is 10.4. The van der Waals surface area contributed by atoms with Crippen LogP contribution in [0.3, 0.4) is 0 Å². The molecule has 54 valence electrons. The second-order valence-electron chi connectivity index (χ2n) is 1.81. The van der Waals surface area contributed by atoms with Crippen LogP contribution >= 0.6 is 0 Å². The molecule has 1 fully saturated rings. The standard InChI is InChI=1S/C5H9NO.CH4O/c7-5-3-1-2-4-6-5;1-2/h1-4H2,(H,6,7);2H,1H3. The molecule has 0 unspecified atom stereocenters. The largest absolute Gasteiger partial charge is 0.400 e. The summed E-state index contributed by atoms with van der Waals surface area (Å²) < 4.78 is 0. The zero-order valence-corrected chi connectivity index (χ0v) is 5.68. The van der Waals surface area contributed by atoms with Gasteiger partial charge in [0.25, 0.3) is 0 Å². The average Bonchev–Trinajstić information content (AvgIpc) is 1.94. The number of carbonyl (C=O) groups is 1. The highest BCUT2D eigenvalue weighted by Crippen LogP contribution is 1.98. The summed E-state index contributed by atoms with van der Waals surface area (Å²) in [5, 5.41) is 9.74. The molecular weight excluding hydrogens is 118 g/mol. The Hall–Kier alpha value is -0.570. The highest BCUT2D eigenvalue weighted by molar-refractivity contribution is 5.76. The fourth-order valence-electron chi connectivity index (χ4n) is 0.727. The molecule has 1 rings (SSSR count). The summed E-state index contributed by atoms with van der Waals surface area (Å²) in [4.78, 5) is 10.4. The minimum atomic E-state index is 0.214. The van der Waals surface area contributed by atoms with Crippen molar-refractivity contribution in [1.29, 1.82) is 0 Å². The minimum absolute atomic E-state index is 0.214. The fourth-order valence-corrected chi connectivity index (χ4v) is 0.727. The van der Waals surface area contributed by atoms with Crippen molar-refractivity contribution in [1.82, 2.24) is 5.32 Å². The van der Waals surface area contributed by atoms with Gasteiger partial charge in [-0.2, -0.15) is 0 Å². The molecule has 1 saturated heterocycles. The van der Waals surface area contributed by atoms with E-state index in [1.54, 1.807) is 0 Å². The van der Waals surface area contributed by atoms with E-state index < -0.39 is 0 Å². The van der Waals surface area contributed by atoms with E-state index in [9.17, 15) is 4.79 Å². The lowest BCUT2D eigenvalue weighted by atomic mass is 10.2. The van der Waals surface area contributed by atoms with Gasteiger partial charge in [0.1, 0.15) is 0 Å². The van der Waals surface area contributed by atoms with Gasteiger partial charge in [0.05, 0.1) is 0 Å². The van der Waals surface area contributed by atoms with Crippen molar-refractivity contribution in [2.45, 2.75) is 19.3 Å². The number of hydrogen-bond donors (Lipinski definition) is 2. The second kappa shape index (κ2) is 5.56. The van der Waals surface area contributed by atoms with E-state index in [0.29, 0.717) is 0 Å². The first-order valence-corrected chi connectivity index (χ1v) is 3.11. The molecule has 3 nitrogen and oxygen atoms in total. The van der Waals surface area contributed by atoms with Gasteiger partial charge < -0.3 is 10.4 Å². The van der Waals surface area contributed by atoms with Crippen molar-refractivity contribution in [2.24, 2.45) is 0 Å². The third kappa shape index (κ3) is 3.97. The highest BCUT2D eigenvalue weighted by atomic mass is 16.2. The van der Waals surface area contributed by atoms with Crippen LogP contribution in [0, 0.1) is 0 Å². The molecule has 1 heterocycles. The van der Waals surface area contributed by atoms with Crippen LogP contribution < -0.4 is 5.32 Å². The molecule has 1 aliphatic heterocycles. The molecule has 0 spiro atoms. The molecule has 0 aromatic heterocycles. The van der Waals surface area contributed by atoms with Crippen LogP contribution in [0.4, 0.5) is 0 Å². The number of rotatable bonds is 0. The van der Waals surface area contributed by atoms with Gasteiger partial charge in [-0.3, -0.25) is 4.79 Å². The predicted octanol–water partition coefficient (Wildman–Crippen LogP) is -0.105. The smallest absolute Gasteiger partial charge is 0.219 e. The summed E-state index contributed by atoms with van der Waals surface area (Å²) in [6.45, 7) is 0.888. The van der Waals surface area contributed by atoms with Crippen LogP contribution in [0.25, 0.3) is 0 Å². The lowest BCUT2D eigenvalue weighted by Gasteiger charge is -2.08. The van der Waals surface area contributed by atoms with Crippen molar-refractivity contribution in [3.05, 3.63) is 0 Å². The minimum Gasteiger partial charge on any atom is -0.400 e. The van der Waals surface area contributed by atoms with Gasteiger partial charge in [-0.25, -0.2) is 0 Å². The Bertz CT molecular complexity index is 75.1. The summed E-state index contributed by atoms with van der Waals surface area (Å²) in [5.74, 6) is 0.214. The van der Waals surface area contributed by atoms with Crippen molar-refractivity contribution in [3.63, 3.8) is 0 Å². The Balaban J connectivity index is 0.000000291. The van der Waals surface area contributed by atoms with Crippen LogP contribution in [0.5, 0.6) is 0 Å². The molecular formula is C6H13NO2. The van der Waals surface area contributed by atoms with Gasteiger partial charge in [-0.05, 0) is 12.8 Å². The first kappa shape index (κ1) is 8.43. The van der Waals surface area contributed by atoms with E-state index in [4.69, 9.17) is 5.11 Å². The van der Waals surface area contributed by atoms with Gasteiger partial charge in [0, 0.05) is 20.1 Å². The van der Waals surface area contributed by atoms with E-state index in [1.807, 2.05) is 0 Å². The van der Waals surface area contributed by atoms with Crippen molar-refractivity contribution >= 4 is 5.91 Å². The van der Waals surface area contributed by atoms with Crippen LogP contribution in [-0.4, -0.2) is 24.7 Å². The average molecular weight is 131 g/mol. The Morgan fingerprint density at radius 1 is 1.44 bits per heavy atom. The third-order valence-electron chi connectivity index (χ3n) is 1.15. The highest BCUT2D eigenvalue weighted by Gasteiger charge is 2.04. The van der Waals surface area contributed by atoms with Gasteiger partial charge in [-0.1, -0.05) is 0 Å². The molecule has 0 radical (unpaired) electrons. The molecule has 0 bridgehead atoms. The van der Waals surface area contributed by atoms with Crippen LogP contribution in [0.15, 0.2) is 0 Å². The summed E-state index contributed by atoms with van der Waals surface area (Å²) in [7, 11) is 1.00. The summed E-state index contributed by atoms with van der Waals surface area (Å²) in [5.41, 5.74) is 0. The number of carbonyl (C=O) groups excluding carboxylic acids is 1. The summed E-state index contributed by atoms with van der Waals surface area (Å²) in [6, 6.07) is 0. The topological polar surface area (TPSA) is 49.3 Å². The van der Waals surface area contributed by atoms with E-state index in [2.05, 4.69) is 5.32 Å². The Morgan fingerprint density at radius 3 is 2.33 bits per heavy atom. The molecule has 3 heteroatoms. The Labute approximate surface area is 55.1 Å². The number of piperidine rings is 1. The molecule has 1 amide bonds. The van der Waals surface area contributed by atoms with E-state index in [0.717, 1.165) is 32.9 Å². The number of hydrogen-bond acceptors (Lipinski definition) is 2. The Morgan fingerprint density at radius 2 is 2.11 bits per heavy atom. The predicted molar refractivity (Wildman–Crippen MR) is 35.0 cm³/mol. The van der Waals surface area contributed by atoms with Crippen LogP contribution in [-0.2, 0) is 4.79 Å². The normalized spacial score (nSPS) is 17.3. The maximum Gasteiger partial charge on any atom is 0.219 e. The van der Waals surface area contributed by atoms with Crippen molar-refractivity contribution in [3.8, 4) is 0 Å². The molecule has 0 aliphatic carbocycles. The van der Waals surface area contributed by atoms with E-state index in [1.165, 1.54) is 0 Å². The number of aliphatic hydroxyl groups is 1. The second-order valence-corrected chi connectivity index (χ2v) is 1.81. The number of aliphatic hydroxyl groups excluding tert-OH is 1. The lowest BCUT2D eigenvalue weighted by Crippen LogP contribution is -2.28.